The number of pyridine rings is 1. The molecule has 0 spiro atoms. The number of aromatic carboxylic acids is 1. The lowest BCUT2D eigenvalue weighted by atomic mass is 10.1. The van der Waals surface area contributed by atoms with Crippen LogP contribution in [0, 0.1) is 0 Å². The number of aryl methyl sites for hydroxylation is 1. The van der Waals surface area contributed by atoms with Crippen molar-refractivity contribution >= 4 is 17.0 Å². The van der Waals surface area contributed by atoms with Crippen LogP contribution in [0.3, 0.4) is 0 Å². The van der Waals surface area contributed by atoms with Crippen molar-refractivity contribution in [2.75, 3.05) is 0 Å². The molecule has 0 saturated heterocycles. The van der Waals surface area contributed by atoms with Gasteiger partial charge >= 0.3 is 5.97 Å². The molecule has 0 radical (unpaired) electrons. The Morgan fingerprint density at radius 1 is 1.06 bits per heavy atom. The Hall–Kier alpha value is -4.40. The first-order valence-electron chi connectivity index (χ1n) is 11.1. The summed E-state index contributed by atoms with van der Waals surface area (Å²) in [5.41, 5.74) is 5.29. The number of hydrogen-bond acceptors (Lipinski definition) is 6. The molecule has 3 heterocycles. The van der Waals surface area contributed by atoms with Crippen LogP contribution in [0.15, 0.2) is 60.8 Å². The van der Waals surface area contributed by atoms with E-state index in [1.165, 1.54) is 0 Å². The van der Waals surface area contributed by atoms with Gasteiger partial charge in [-0.05, 0) is 35.4 Å². The molecule has 5 rings (SSSR count). The lowest BCUT2D eigenvalue weighted by Gasteiger charge is -2.11. The van der Waals surface area contributed by atoms with E-state index in [1.54, 1.807) is 12.1 Å². The number of para-hydroxylation sites is 1. The molecule has 0 amide bonds. The number of carbonyl (C=O) groups is 1. The van der Waals surface area contributed by atoms with E-state index in [1.807, 2.05) is 53.2 Å². The van der Waals surface area contributed by atoms with Gasteiger partial charge in [0.2, 0.25) is 5.82 Å². The molecule has 0 atom stereocenters. The van der Waals surface area contributed by atoms with E-state index in [0.717, 1.165) is 47.5 Å². The maximum atomic E-state index is 11.9. The van der Waals surface area contributed by atoms with Gasteiger partial charge in [-0.2, -0.15) is 5.21 Å². The first kappa shape index (κ1) is 21.4. The van der Waals surface area contributed by atoms with Crippen molar-refractivity contribution in [2.45, 2.75) is 32.7 Å². The van der Waals surface area contributed by atoms with Gasteiger partial charge in [-0.25, -0.2) is 9.78 Å². The summed E-state index contributed by atoms with van der Waals surface area (Å²) in [6.07, 6.45) is 4.66. The fraction of sp³-hybridized carbons (Fsp3) is 0.200. The molecule has 0 aliphatic rings. The van der Waals surface area contributed by atoms with Gasteiger partial charge in [0.15, 0.2) is 0 Å². The quantitative estimate of drug-likeness (QED) is 0.358. The van der Waals surface area contributed by atoms with Crippen LogP contribution in [-0.4, -0.2) is 46.2 Å². The predicted octanol–water partition coefficient (Wildman–Crippen LogP) is 4.37. The van der Waals surface area contributed by atoms with Crippen molar-refractivity contribution in [3.63, 3.8) is 0 Å². The summed E-state index contributed by atoms with van der Waals surface area (Å²) in [5, 5.41) is 23.8. The van der Waals surface area contributed by atoms with Crippen molar-refractivity contribution in [1.82, 2.24) is 35.2 Å². The lowest BCUT2D eigenvalue weighted by Crippen LogP contribution is -2.08. The number of benzene rings is 2. The number of rotatable bonds is 8. The highest BCUT2D eigenvalue weighted by Gasteiger charge is 2.18. The number of carboxylic acids is 1. The number of nitrogens with one attached hydrogen (secondary N) is 1. The SMILES string of the molecule is CCCCc1nc2cccc(C(=O)O)c2n1Cc1ccc(-c2ccc(-c3nn[nH]n3)cc2)nc1. The molecule has 0 bridgehead atoms. The minimum Gasteiger partial charge on any atom is -0.478 e. The smallest absolute Gasteiger partial charge is 0.337 e. The largest absolute Gasteiger partial charge is 0.478 e. The summed E-state index contributed by atoms with van der Waals surface area (Å²) >= 11 is 0. The second-order valence-corrected chi connectivity index (χ2v) is 8.06. The monoisotopic (exact) mass is 453 g/mol. The maximum absolute atomic E-state index is 11.9. The Balaban J connectivity index is 1.44. The molecule has 170 valence electrons. The Morgan fingerprint density at radius 3 is 2.56 bits per heavy atom. The van der Waals surface area contributed by atoms with Crippen molar-refractivity contribution in [1.29, 1.82) is 0 Å². The van der Waals surface area contributed by atoms with Crippen LogP contribution in [0.5, 0.6) is 0 Å². The highest BCUT2D eigenvalue weighted by Crippen LogP contribution is 2.25. The molecule has 9 nitrogen and oxygen atoms in total. The molecule has 0 saturated carbocycles. The van der Waals surface area contributed by atoms with E-state index in [9.17, 15) is 9.90 Å². The van der Waals surface area contributed by atoms with Crippen LogP contribution < -0.4 is 0 Å². The number of hydrogen-bond donors (Lipinski definition) is 2. The van der Waals surface area contributed by atoms with Gasteiger partial charge in [0.05, 0.1) is 28.8 Å². The second-order valence-electron chi connectivity index (χ2n) is 8.06. The predicted molar refractivity (Wildman–Crippen MR) is 127 cm³/mol. The summed E-state index contributed by atoms with van der Waals surface area (Å²) in [6.45, 7) is 2.64. The molecule has 5 aromatic rings. The number of carboxylic acid groups (broad SMARTS) is 1. The Morgan fingerprint density at radius 2 is 1.88 bits per heavy atom. The van der Waals surface area contributed by atoms with Gasteiger partial charge in [-0.1, -0.05) is 49.7 Å². The number of unbranched alkanes of at least 4 members (excludes halogenated alkanes) is 1. The first-order chi connectivity index (χ1) is 16.6. The van der Waals surface area contributed by atoms with Crippen molar-refractivity contribution < 1.29 is 9.90 Å². The van der Waals surface area contributed by atoms with Crippen molar-refractivity contribution in [3.8, 4) is 22.6 Å². The maximum Gasteiger partial charge on any atom is 0.337 e. The summed E-state index contributed by atoms with van der Waals surface area (Å²) < 4.78 is 2.02. The average molecular weight is 454 g/mol. The molecule has 2 N–H and O–H groups in total. The number of imidazole rings is 1. The number of aromatic amines is 1. The van der Waals surface area contributed by atoms with E-state index < -0.39 is 5.97 Å². The molecule has 2 aromatic carbocycles. The van der Waals surface area contributed by atoms with E-state index in [2.05, 4.69) is 32.5 Å². The van der Waals surface area contributed by atoms with E-state index in [-0.39, 0.29) is 5.56 Å². The van der Waals surface area contributed by atoms with Crippen molar-refractivity contribution in [2.24, 2.45) is 0 Å². The van der Waals surface area contributed by atoms with Crippen LogP contribution >= 0.6 is 0 Å². The zero-order valence-electron chi connectivity index (χ0n) is 18.6. The van der Waals surface area contributed by atoms with Crippen LogP contribution in [0.25, 0.3) is 33.7 Å². The molecule has 0 fully saturated rings. The molecule has 3 aromatic heterocycles. The number of tetrazole rings is 1. The molecule has 0 aliphatic heterocycles. The molecule has 0 aliphatic carbocycles. The molecule has 34 heavy (non-hydrogen) atoms. The third kappa shape index (κ3) is 4.15. The molecular formula is C25H23N7O2. The van der Waals surface area contributed by atoms with Gasteiger partial charge in [-0.3, -0.25) is 4.98 Å². The summed E-state index contributed by atoms with van der Waals surface area (Å²) in [4.78, 5) is 21.3. The van der Waals surface area contributed by atoms with Crippen molar-refractivity contribution in [3.05, 3.63) is 77.7 Å². The van der Waals surface area contributed by atoms with Crippen LogP contribution in [0.1, 0.15) is 41.5 Å². The fourth-order valence-electron chi connectivity index (χ4n) is 4.05. The summed E-state index contributed by atoms with van der Waals surface area (Å²) in [6, 6.07) is 17.0. The highest BCUT2D eigenvalue weighted by molar-refractivity contribution is 6.01. The van der Waals surface area contributed by atoms with Gasteiger partial charge in [0, 0.05) is 23.7 Å². The third-order valence-corrected chi connectivity index (χ3v) is 5.78. The topological polar surface area (TPSA) is 122 Å². The Bertz CT molecular complexity index is 1420. The zero-order valence-corrected chi connectivity index (χ0v) is 18.6. The van der Waals surface area contributed by atoms with Gasteiger partial charge < -0.3 is 9.67 Å². The third-order valence-electron chi connectivity index (χ3n) is 5.78. The first-order valence-corrected chi connectivity index (χ1v) is 11.1. The fourth-order valence-corrected chi connectivity index (χ4v) is 4.05. The number of H-pyrrole nitrogens is 1. The van der Waals surface area contributed by atoms with Crippen LogP contribution in [0.4, 0.5) is 0 Å². The van der Waals surface area contributed by atoms with Gasteiger partial charge in [-0.15, -0.1) is 10.2 Å². The van der Waals surface area contributed by atoms with E-state index >= 15 is 0 Å². The standard InChI is InChI=1S/C25H23N7O2/c1-2-3-7-22-27-21-6-4-5-19(25(33)34)23(21)32(22)15-16-8-13-20(26-14-16)17-9-11-18(12-10-17)24-28-30-31-29-24/h4-6,8-14H,2-3,7,15H2,1H3,(H,33,34)(H,28,29,30,31). The minimum atomic E-state index is -0.952. The van der Waals surface area contributed by atoms with E-state index in [4.69, 9.17) is 4.98 Å². The van der Waals surface area contributed by atoms with Crippen LogP contribution in [0.2, 0.25) is 0 Å². The normalized spacial score (nSPS) is 11.2. The number of aromatic nitrogens is 7. The zero-order chi connectivity index (χ0) is 23.5. The Labute approximate surface area is 195 Å². The van der Waals surface area contributed by atoms with E-state index in [0.29, 0.717) is 23.4 Å². The average Bonchev–Trinajstić information content (AvgIpc) is 3.52. The summed E-state index contributed by atoms with van der Waals surface area (Å²) in [5.74, 6) is 0.486. The number of nitrogens with zero attached hydrogens (tertiary/aromatic N) is 6. The van der Waals surface area contributed by atoms with Gasteiger partial charge in [0.25, 0.3) is 0 Å². The molecular weight excluding hydrogens is 430 g/mol. The lowest BCUT2D eigenvalue weighted by molar-refractivity contribution is 0.0698. The number of fused-ring (bicyclic) bond motifs is 1. The van der Waals surface area contributed by atoms with Gasteiger partial charge in [0.1, 0.15) is 5.82 Å². The highest BCUT2D eigenvalue weighted by atomic mass is 16.4. The molecule has 9 heteroatoms. The minimum absolute atomic E-state index is 0.263. The molecule has 0 unspecified atom stereocenters. The second kappa shape index (κ2) is 9.22. The summed E-state index contributed by atoms with van der Waals surface area (Å²) in [7, 11) is 0. The Kier molecular flexibility index (Phi) is 5.82. The van der Waals surface area contributed by atoms with Crippen LogP contribution in [-0.2, 0) is 13.0 Å².